The van der Waals surface area contributed by atoms with Gasteiger partial charge in [0.25, 0.3) is 0 Å². The van der Waals surface area contributed by atoms with E-state index in [-0.39, 0.29) is 22.9 Å². The second-order valence-electron chi connectivity index (χ2n) is 6.18. The first-order valence-electron chi connectivity index (χ1n) is 8.97. The lowest BCUT2D eigenvalue weighted by Crippen LogP contribution is -2.19. The van der Waals surface area contributed by atoms with Crippen LogP contribution in [-0.4, -0.2) is 38.1 Å². The van der Waals surface area contributed by atoms with E-state index in [4.69, 9.17) is 9.47 Å². The average Bonchev–Trinajstić information content (AvgIpc) is 2.90. The summed E-state index contributed by atoms with van der Waals surface area (Å²) >= 11 is 1.40. The molecule has 3 aromatic rings. The number of anilines is 1. The predicted octanol–water partition coefficient (Wildman–Crippen LogP) is 3.78. The fourth-order valence-corrected chi connectivity index (χ4v) is 3.66. The molecular formula is C19H17N5O5S. The van der Waals surface area contributed by atoms with Crippen LogP contribution in [0.25, 0.3) is 11.3 Å². The zero-order chi connectivity index (χ0) is 21.3. The van der Waals surface area contributed by atoms with Gasteiger partial charge in [-0.15, -0.1) is 10.2 Å². The zero-order valence-electron chi connectivity index (χ0n) is 16.0. The van der Waals surface area contributed by atoms with Gasteiger partial charge < -0.3 is 19.9 Å². The Bertz CT molecular complexity index is 1130. The Kier molecular flexibility index (Phi) is 5.27. The minimum Gasteiger partial charge on any atom is -0.504 e. The summed E-state index contributed by atoms with van der Waals surface area (Å²) in [5.74, 6) is 0.362. The van der Waals surface area contributed by atoms with Crippen LogP contribution in [0.4, 0.5) is 11.4 Å². The fraction of sp³-hybridized carbons (Fsp3) is 0.211. The Labute approximate surface area is 175 Å². The van der Waals surface area contributed by atoms with E-state index in [1.54, 1.807) is 6.07 Å². The van der Waals surface area contributed by atoms with Gasteiger partial charge in [-0.05, 0) is 24.0 Å². The van der Waals surface area contributed by atoms with Gasteiger partial charge in [0.2, 0.25) is 23.0 Å². The number of phenols is 1. The molecule has 10 nitrogen and oxygen atoms in total. The van der Waals surface area contributed by atoms with Crippen molar-refractivity contribution in [2.45, 2.75) is 18.3 Å². The lowest BCUT2D eigenvalue weighted by atomic mass is 10.1. The summed E-state index contributed by atoms with van der Waals surface area (Å²) < 4.78 is 11.1. The van der Waals surface area contributed by atoms with E-state index in [2.05, 4.69) is 20.5 Å². The number of aromatic nitrogens is 3. The van der Waals surface area contributed by atoms with Crippen LogP contribution in [0, 0.1) is 10.1 Å². The minimum atomic E-state index is -0.988. The molecule has 0 aliphatic carbocycles. The number of nitro groups is 1. The maximum Gasteiger partial charge on any atom is 0.323 e. The van der Waals surface area contributed by atoms with Gasteiger partial charge in [0, 0.05) is 11.3 Å². The summed E-state index contributed by atoms with van der Waals surface area (Å²) in [7, 11) is 1.25. The van der Waals surface area contributed by atoms with Gasteiger partial charge in [-0.1, -0.05) is 36.9 Å². The molecule has 1 atom stereocenters. The number of methoxy groups -OCH3 is 1. The number of hydrogen-bond donors (Lipinski definition) is 2. The fourth-order valence-electron chi connectivity index (χ4n) is 3.16. The van der Waals surface area contributed by atoms with Crippen molar-refractivity contribution in [1.29, 1.82) is 0 Å². The van der Waals surface area contributed by atoms with Gasteiger partial charge in [0.05, 0.1) is 17.6 Å². The molecule has 1 aliphatic rings. The summed E-state index contributed by atoms with van der Waals surface area (Å²) in [4.78, 5) is 15.6. The maximum absolute atomic E-state index is 11.8. The van der Waals surface area contributed by atoms with E-state index in [9.17, 15) is 15.2 Å². The first kappa shape index (κ1) is 19.7. The standard InChI is InChI=1S/C19H17N5O5S/c1-3-30-19-21-18-14(22-23-19)10-6-4-5-7-12(10)20-17(29-18)11-8-9-13(25)16(28-2)15(11)24(26)27/h4-9,17,20,25H,3H2,1-2H3/t17-/m1/s1. The van der Waals surface area contributed by atoms with Gasteiger partial charge in [0.1, 0.15) is 0 Å². The lowest BCUT2D eigenvalue weighted by Gasteiger charge is -2.20. The van der Waals surface area contributed by atoms with E-state index in [1.165, 1.54) is 31.0 Å². The summed E-state index contributed by atoms with van der Waals surface area (Å²) in [5, 5.41) is 33.8. The highest BCUT2D eigenvalue weighted by molar-refractivity contribution is 7.99. The van der Waals surface area contributed by atoms with Gasteiger partial charge in [0.15, 0.2) is 11.4 Å². The van der Waals surface area contributed by atoms with Crippen molar-refractivity contribution in [2.75, 3.05) is 18.2 Å². The van der Waals surface area contributed by atoms with E-state index in [1.807, 2.05) is 25.1 Å². The highest BCUT2D eigenvalue weighted by atomic mass is 32.2. The van der Waals surface area contributed by atoms with Gasteiger partial charge in [-0.2, -0.15) is 4.98 Å². The van der Waals surface area contributed by atoms with Crippen molar-refractivity contribution in [2.24, 2.45) is 0 Å². The average molecular weight is 427 g/mol. The second kappa shape index (κ2) is 8.03. The highest BCUT2D eigenvalue weighted by Crippen LogP contribution is 2.45. The summed E-state index contributed by atoms with van der Waals surface area (Å²) in [6.45, 7) is 1.96. The molecule has 2 N–H and O–H groups in total. The summed E-state index contributed by atoms with van der Waals surface area (Å²) in [6, 6.07) is 10.0. The third-order valence-electron chi connectivity index (χ3n) is 4.42. The molecule has 0 saturated carbocycles. The number of hydrogen-bond acceptors (Lipinski definition) is 10. The molecule has 0 radical (unpaired) electrons. The molecule has 1 aliphatic heterocycles. The Morgan fingerprint density at radius 1 is 1.30 bits per heavy atom. The van der Waals surface area contributed by atoms with E-state index in [0.717, 1.165) is 5.75 Å². The number of ether oxygens (including phenoxy) is 2. The van der Waals surface area contributed by atoms with Crippen LogP contribution in [0.3, 0.4) is 0 Å². The van der Waals surface area contributed by atoms with Gasteiger partial charge >= 0.3 is 5.69 Å². The molecule has 4 rings (SSSR count). The monoisotopic (exact) mass is 427 g/mol. The number of thioether (sulfide) groups is 1. The number of nitrogens with zero attached hydrogens (tertiary/aromatic N) is 4. The molecule has 154 valence electrons. The number of nitrogens with one attached hydrogen (secondary N) is 1. The normalized spacial score (nSPS) is 14.5. The van der Waals surface area contributed by atoms with E-state index in [0.29, 0.717) is 22.1 Å². The minimum absolute atomic E-state index is 0.167. The van der Waals surface area contributed by atoms with Crippen LogP contribution in [0.15, 0.2) is 41.6 Å². The zero-order valence-corrected chi connectivity index (χ0v) is 16.8. The number of fused-ring (bicyclic) bond motifs is 3. The second-order valence-corrected chi connectivity index (χ2v) is 7.41. The molecule has 0 fully saturated rings. The predicted molar refractivity (Wildman–Crippen MR) is 110 cm³/mol. The Morgan fingerprint density at radius 3 is 2.83 bits per heavy atom. The third-order valence-corrected chi connectivity index (χ3v) is 5.14. The first-order chi connectivity index (χ1) is 14.5. The smallest absolute Gasteiger partial charge is 0.323 e. The van der Waals surface area contributed by atoms with Crippen molar-refractivity contribution >= 4 is 23.1 Å². The number of para-hydroxylation sites is 1. The number of benzene rings is 2. The molecule has 11 heteroatoms. The molecule has 1 aromatic heterocycles. The molecule has 0 amide bonds. The molecule has 0 saturated heterocycles. The van der Waals surface area contributed by atoms with E-state index >= 15 is 0 Å². The largest absolute Gasteiger partial charge is 0.504 e. The highest BCUT2D eigenvalue weighted by Gasteiger charge is 2.34. The van der Waals surface area contributed by atoms with Gasteiger partial charge in [-0.3, -0.25) is 10.1 Å². The van der Waals surface area contributed by atoms with Crippen molar-refractivity contribution < 1.29 is 19.5 Å². The van der Waals surface area contributed by atoms with E-state index < -0.39 is 16.8 Å². The molecule has 0 spiro atoms. The summed E-state index contributed by atoms with van der Waals surface area (Å²) in [6.07, 6.45) is -0.988. The Hall–Kier alpha value is -3.60. The number of rotatable bonds is 5. The van der Waals surface area contributed by atoms with Crippen molar-refractivity contribution in [3.05, 3.63) is 52.1 Å². The molecule has 0 unspecified atom stereocenters. The van der Waals surface area contributed by atoms with Crippen molar-refractivity contribution in [3.8, 4) is 28.6 Å². The first-order valence-corrected chi connectivity index (χ1v) is 9.96. The van der Waals surface area contributed by atoms with Crippen LogP contribution >= 0.6 is 11.8 Å². The molecule has 2 aromatic carbocycles. The van der Waals surface area contributed by atoms with Crippen LogP contribution in [0.5, 0.6) is 17.4 Å². The summed E-state index contributed by atoms with van der Waals surface area (Å²) in [5.41, 5.74) is 1.54. The van der Waals surface area contributed by atoms with Crippen LogP contribution in [0.1, 0.15) is 18.7 Å². The van der Waals surface area contributed by atoms with Crippen LogP contribution in [0.2, 0.25) is 0 Å². The van der Waals surface area contributed by atoms with Crippen LogP contribution in [-0.2, 0) is 0 Å². The molecule has 0 bridgehead atoms. The number of phenolic OH excluding ortho intramolecular Hbond substituents is 1. The topological polar surface area (TPSA) is 133 Å². The molecule has 30 heavy (non-hydrogen) atoms. The molecular weight excluding hydrogens is 410 g/mol. The maximum atomic E-state index is 11.8. The number of nitro benzene ring substituents is 1. The third kappa shape index (κ3) is 3.43. The number of aromatic hydroxyl groups is 1. The SMILES string of the molecule is CCSc1nnc2c(n1)O[C@H](c1ccc(O)c(OC)c1[N+](=O)[O-])Nc1ccccc1-2. The quantitative estimate of drug-likeness (QED) is 0.352. The van der Waals surface area contributed by atoms with Crippen molar-refractivity contribution in [3.63, 3.8) is 0 Å². The molecule has 2 heterocycles. The van der Waals surface area contributed by atoms with Crippen molar-refractivity contribution in [1.82, 2.24) is 15.2 Å². The van der Waals surface area contributed by atoms with Crippen LogP contribution < -0.4 is 14.8 Å². The Balaban J connectivity index is 1.90. The lowest BCUT2D eigenvalue weighted by molar-refractivity contribution is -0.387. The van der Waals surface area contributed by atoms with Gasteiger partial charge in [-0.25, -0.2) is 0 Å². The Morgan fingerprint density at radius 2 is 2.10 bits per heavy atom.